The maximum Gasteiger partial charge on any atom is 0.475 e. The molecule has 0 N–H and O–H groups in total. The van der Waals surface area contributed by atoms with Gasteiger partial charge in [-0.2, -0.15) is 0 Å². The second-order valence-electron chi connectivity index (χ2n) is 3.85. The third-order valence-corrected chi connectivity index (χ3v) is 4.16. The van der Waals surface area contributed by atoms with Crippen LogP contribution in [0.5, 0.6) is 0 Å². The molecule has 0 spiro atoms. The van der Waals surface area contributed by atoms with Crippen molar-refractivity contribution in [2.45, 2.75) is 26.9 Å². The highest BCUT2D eigenvalue weighted by atomic mass is 31.2. The minimum atomic E-state index is -3.71. The normalized spacial score (nSPS) is 13.2. The van der Waals surface area contributed by atoms with Crippen molar-refractivity contribution in [2.75, 3.05) is 13.2 Å². The van der Waals surface area contributed by atoms with E-state index in [0.29, 0.717) is 5.56 Å². The van der Waals surface area contributed by atoms with Gasteiger partial charge in [-0.15, -0.1) is 0 Å². The Hall–Kier alpha value is -1.27. The molecule has 112 valence electrons. The van der Waals surface area contributed by atoms with Crippen molar-refractivity contribution in [3.63, 3.8) is 0 Å². The van der Waals surface area contributed by atoms with E-state index < -0.39 is 18.8 Å². The van der Waals surface area contributed by atoms with Gasteiger partial charge in [0.2, 0.25) is 0 Å². The van der Waals surface area contributed by atoms with Gasteiger partial charge in [-0.25, -0.2) is 4.57 Å². The molecule has 0 aliphatic rings. The average Bonchev–Trinajstić information content (AvgIpc) is 2.38. The Bertz CT molecular complexity index is 496. The smallest absolute Gasteiger partial charge is 0.287 e. The Morgan fingerprint density at radius 2 is 1.80 bits per heavy atom. The number of phosphoric ester groups is 1. The molecule has 7 nitrogen and oxygen atoms in total. The number of rotatable bonds is 8. The molecule has 0 bridgehead atoms. The fourth-order valence-electron chi connectivity index (χ4n) is 1.66. The Balaban J connectivity index is 2.97. The van der Waals surface area contributed by atoms with Crippen molar-refractivity contribution in [3.05, 3.63) is 39.9 Å². The quantitative estimate of drug-likeness (QED) is 0.411. The third-order valence-electron chi connectivity index (χ3n) is 2.43. The zero-order valence-corrected chi connectivity index (χ0v) is 12.5. The van der Waals surface area contributed by atoms with E-state index in [-0.39, 0.29) is 18.9 Å². The van der Waals surface area contributed by atoms with Crippen LogP contribution in [0.2, 0.25) is 0 Å². The van der Waals surface area contributed by atoms with Crippen molar-refractivity contribution >= 4 is 13.5 Å². The van der Waals surface area contributed by atoms with Gasteiger partial charge in [0.25, 0.3) is 5.69 Å². The lowest BCUT2D eigenvalue weighted by Gasteiger charge is -2.20. The third kappa shape index (κ3) is 4.38. The van der Waals surface area contributed by atoms with Crippen LogP contribution in [0.3, 0.4) is 0 Å². The number of nitrogens with zero attached hydrogens (tertiary/aromatic N) is 1. The van der Waals surface area contributed by atoms with Gasteiger partial charge >= 0.3 is 7.82 Å². The fourth-order valence-corrected chi connectivity index (χ4v) is 2.99. The van der Waals surface area contributed by atoms with Crippen molar-refractivity contribution < 1.29 is 23.1 Å². The van der Waals surface area contributed by atoms with Crippen LogP contribution < -0.4 is 0 Å². The average molecular weight is 303 g/mol. The van der Waals surface area contributed by atoms with E-state index in [1.54, 1.807) is 39.0 Å². The van der Waals surface area contributed by atoms with E-state index in [1.807, 2.05) is 0 Å². The lowest BCUT2D eigenvalue weighted by molar-refractivity contribution is -0.386. The van der Waals surface area contributed by atoms with Crippen LogP contribution in [0, 0.1) is 10.1 Å². The van der Waals surface area contributed by atoms with Gasteiger partial charge in [0, 0.05) is 6.07 Å². The molecule has 8 heteroatoms. The highest BCUT2D eigenvalue weighted by Crippen LogP contribution is 2.53. The number of nitro groups is 1. The van der Waals surface area contributed by atoms with E-state index >= 15 is 0 Å². The summed E-state index contributed by atoms with van der Waals surface area (Å²) in [5.74, 6) is 0. The molecule has 1 aromatic rings. The van der Waals surface area contributed by atoms with E-state index in [2.05, 4.69) is 0 Å². The molecule has 0 aliphatic carbocycles. The molecule has 0 aromatic heterocycles. The van der Waals surface area contributed by atoms with Gasteiger partial charge in [-0.3, -0.25) is 23.7 Å². The second kappa shape index (κ2) is 7.50. The van der Waals surface area contributed by atoms with Crippen LogP contribution in [0.25, 0.3) is 0 Å². The lowest BCUT2D eigenvalue weighted by Crippen LogP contribution is -2.06. The van der Waals surface area contributed by atoms with Crippen LogP contribution in [0.1, 0.15) is 32.4 Å². The van der Waals surface area contributed by atoms with Crippen LogP contribution in [-0.4, -0.2) is 18.1 Å². The zero-order valence-electron chi connectivity index (χ0n) is 11.6. The summed E-state index contributed by atoms with van der Waals surface area (Å²) in [5.41, 5.74) is 0.219. The van der Waals surface area contributed by atoms with Crippen LogP contribution in [0.4, 0.5) is 5.69 Å². The molecule has 0 amide bonds. The molecule has 0 saturated heterocycles. The molecule has 1 aromatic carbocycles. The first-order chi connectivity index (χ1) is 9.43. The van der Waals surface area contributed by atoms with Gasteiger partial charge in [-0.1, -0.05) is 12.1 Å². The predicted molar refractivity (Wildman–Crippen MR) is 73.5 cm³/mol. The number of para-hydroxylation sites is 1. The molecule has 1 atom stereocenters. The second-order valence-corrected chi connectivity index (χ2v) is 5.47. The Kier molecular flexibility index (Phi) is 6.29. The van der Waals surface area contributed by atoms with Gasteiger partial charge in [0.15, 0.2) is 0 Å². The van der Waals surface area contributed by atoms with E-state index in [9.17, 15) is 14.7 Å². The molecule has 1 unspecified atom stereocenters. The summed E-state index contributed by atoms with van der Waals surface area (Å²) in [5, 5.41) is 11.0. The van der Waals surface area contributed by atoms with Crippen LogP contribution in [0.15, 0.2) is 24.3 Å². The molecular weight excluding hydrogens is 285 g/mol. The molecular formula is C12H18NO6P. The summed E-state index contributed by atoms with van der Waals surface area (Å²) in [4.78, 5) is 10.4. The van der Waals surface area contributed by atoms with Gasteiger partial charge in [0.1, 0.15) is 0 Å². The number of hydrogen-bond donors (Lipinski definition) is 0. The topological polar surface area (TPSA) is 87.9 Å². The van der Waals surface area contributed by atoms with Gasteiger partial charge in [0.05, 0.1) is 29.8 Å². The monoisotopic (exact) mass is 303 g/mol. The van der Waals surface area contributed by atoms with E-state index in [0.717, 1.165) is 0 Å². The first-order valence-electron chi connectivity index (χ1n) is 6.24. The zero-order chi connectivity index (χ0) is 15.2. The summed E-state index contributed by atoms with van der Waals surface area (Å²) in [6, 6.07) is 6.11. The molecule has 0 heterocycles. The van der Waals surface area contributed by atoms with Crippen molar-refractivity contribution in [3.8, 4) is 0 Å². The Morgan fingerprint density at radius 3 is 2.30 bits per heavy atom. The molecule has 0 radical (unpaired) electrons. The first kappa shape index (κ1) is 16.8. The van der Waals surface area contributed by atoms with Gasteiger partial charge < -0.3 is 0 Å². The fraction of sp³-hybridized carbons (Fsp3) is 0.500. The van der Waals surface area contributed by atoms with Crippen LogP contribution >= 0.6 is 7.82 Å². The predicted octanol–water partition coefficient (Wildman–Crippen LogP) is 3.85. The standard InChI is InChI=1S/C12H18NO6P/c1-4-17-20(16,18-5-2)19-10(3)11-8-6-7-9-12(11)13(14)15/h6-10H,4-5H2,1-3H3. The molecule has 0 aliphatic heterocycles. The highest BCUT2D eigenvalue weighted by Gasteiger charge is 2.31. The highest BCUT2D eigenvalue weighted by molar-refractivity contribution is 7.48. The van der Waals surface area contributed by atoms with Crippen molar-refractivity contribution in [1.82, 2.24) is 0 Å². The Labute approximate surface area is 117 Å². The SMILES string of the molecule is CCOP(=O)(OCC)OC(C)c1ccccc1[N+](=O)[O-]. The molecule has 1 rings (SSSR count). The molecule has 0 fully saturated rings. The lowest BCUT2D eigenvalue weighted by atomic mass is 10.1. The minimum Gasteiger partial charge on any atom is -0.287 e. The maximum atomic E-state index is 12.2. The largest absolute Gasteiger partial charge is 0.475 e. The number of nitro benzene ring substituents is 1. The van der Waals surface area contributed by atoms with Crippen molar-refractivity contribution in [2.24, 2.45) is 0 Å². The summed E-state index contributed by atoms with van der Waals surface area (Å²) in [6.45, 7) is 5.18. The minimum absolute atomic E-state index is 0.0976. The molecule has 20 heavy (non-hydrogen) atoms. The number of phosphoric acid groups is 1. The number of benzene rings is 1. The van der Waals surface area contributed by atoms with Crippen molar-refractivity contribution in [1.29, 1.82) is 0 Å². The van der Waals surface area contributed by atoms with Gasteiger partial charge in [-0.05, 0) is 26.8 Å². The number of hydrogen-bond acceptors (Lipinski definition) is 6. The summed E-state index contributed by atoms with van der Waals surface area (Å²) >= 11 is 0. The summed E-state index contributed by atoms with van der Waals surface area (Å²) < 4.78 is 27.6. The van der Waals surface area contributed by atoms with E-state index in [1.165, 1.54) is 6.07 Å². The van der Waals surface area contributed by atoms with E-state index in [4.69, 9.17) is 13.6 Å². The summed E-state index contributed by atoms with van der Waals surface area (Å²) in [7, 11) is -3.71. The Morgan fingerprint density at radius 1 is 1.25 bits per heavy atom. The maximum absolute atomic E-state index is 12.2. The first-order valence-corrected chi connectivity index (χ1v) is 7.70. The molecule has 0 saturated carbocycles. The van der Waals surface area contributed by atoms with Crippen LogP contribution in [-0.2, 0) is 18.1 Å². The summed E-state index contributed by atoms with van der Waals surface area (Å²) in [6.07, 6.45) is -0.791.